The first-order chi connectivity index (χ1) is 22.9. The highest BCUT2D eigenvalue weighted by Crippen LogP contribution is 2.25. The number of nitrogens with one attached hydrogen (secondary N) is 1. The molecule has 4 heterocycles. The highest BCUT2D eigenvalue weighted by molar-refractivity contribution is 5.99. The maximum Gasteiger partial charge on any atom is 0.490 e. The third-order valence-corrected chi connectivity index (χ3v) is 6.46. The van der Waals surface area contributed by atoms with Gasteiger partial charge in [-0.15, -0.1) is 0 Å². The Balaban J connectivity index is 0.000000486. The SMILES string of the molecule is CC(C)Nc1nc2c(cc1C(=O)N1CCCC1)CCN(Cc1cccnc1)CC2.O=C(O)C(F)(F)F.O=C(O)C(F)(F)F.O=C(O)C(F)(F)F. The van der Waals surface area contributed by atoms with Crippen molar-refractivity contribution in [3.05, 3.63) is 53.0 Å². The molecule has 2 aliphatic heterocycles. The number of anilines is 1. The summed E-state index contributed by atoms with van der Waals surface area (Å²) in [7, 11) is 0. The van der Waals surface area contributed by atoms with Crippen molar-refractivity contribution in [1.82, 2.24) is 19.8 Å². The number of pyridine rings is 2. The first kappa shape index (κ1) is 43.3. The van der Waals surface area contributed by atoms with Crippen LogP contribution in [0.4, 0.5) is 45.3 Å². The molecular weight excluding hydrogens is 701 g/mol. The van der Waals surface area contributed by atoms with Gasteiger partial charge in [0.1, 0.15) is 5.82 Å². The van der Waals surface area contributed by atoms with E-state index >= 15 is 0 Å². The molecule has 2 aliphatic rings. The lowest BCUT2D eigenvalue weighted by Crippen LogP contribution is -2.29. The van der Waals surface area contributed by atoms with Crippen molar-refractivity contribution in [2.24, 2.45) is 0 Å². The van der Waals surface area contributed by atoms with Gasteiger partial charge in [-0.1, -0.05) is 6.07 Å². The fourth-order valence-electron chi connectivity index (χ4n) is 4.23. The fourth-order valence-corrected chi connectivity index (χ4v) is 4.23. The summed E-state index contributed by atoms with van der Waals surface area (Å²) < 4.78 is 95.2. The van der Waals surface area contributed by atoms with Crippen molar-refractivity contribution >= 4 is 29.6 Å². The van der Waals surface area contributed by atoms with Crippen LogP contribution >= 0.6 is 0 Å². The van der Waals surface area contributed by atoms with Gasteiger partial charge < -0.3 is 25.5 Å². The molecule has 2 aromatic heterocycles. The van der Waals surface area contributed by atoms with E-state index in [1.54, 1.807) is 0 Å². The Bertz CT molecular complexity index is 1370. The summed E-state index contributed by atoms with van der Waals surface area (Å²) >= 11 is 0. The van der Waals surface area contributed by atoms with Crippen molar-refractivity contribution in [2.75, 3.05) is 31.5 Å². The molecule has 1 amide bonds. The lowest BCUT2D eigenvalue weighted by molar-refractivity contribution is -0.193. The Hall–Kier alpha value is -4.69. The number of amides is 1. The molecule has 2 aromatic rings. The van der Waals surface area contributed by atoms with Gasteiger partial charge in [0.05, 0.1) is 5.56 Å². The maximum absolute atomic E-state index is 13.2. The van der Waals surface area contributed by atoms with E-state index in [0.717, 1.165) is 75.5 Å². The summed E-state index contributed by atoms with van der Waals surface area (Å²) in [4.78, 5) is 53.5. The van der Waals surface area contributed by atoms with Crippen LogP contribution in [0.15, 0.2) is 30.6 Å². The number of hydrogen-bond acceptors (Lipinski definition) is 8. The number of carbonyl (C=O) groups excluding carboxylic acids is 1. The molecule has 280 valence electrons. The van der Waals surface area contributed by atoms with Gasteiger partial charge >= 0.3 is 36.4 Å². The summed E-state index contributed by atoms with van der Waals surface area (Å²) in [6.45, 7) is 8.73. The largest absolute Gasteiger partial charge is 0.490 e. The average molecular weight is 736 g/mol. The Morgan fingerprint density at radius 1 is 0.820 bits per heavy atom. The van der Waals surface area contributed by atoms with Crippen molar-refractivity contribution in [2.45, 2.75) is 70.6 Å². The summed E-state index contributed by atoms with van der Waals surface area (Å²) in [6, 6.07) is 6.46. The number of nitrogens with zero attached hydrogens (tertiary/aromatic N) is 4. The summed E-state index contributed by atoms with van der Waals surface area (Å²) in [5.41, 5.74) is 4.31. The number of hydrogen-bond donors (Lipinski definition) is 4. The van der Waals surface area contributed by atoms with E-state index in [9.17, 15) is 44.3 Å². The fraction of sp³-hybridized carbons (Fsp3) is 0.517. The van der Waals surface area contributed by atoms with Crippen LogP contribution in [0.3, 0.4) is 0 Å². The Morgan fingerprint density at radius 2 is 1.30 bits per heavy atom. The second kappa shape index (κ2) is 18.9. The molecule has 4 N–H and O–H groups in total. The van der Waals surface area contributed by atoms with E-state index in [4.69, 9.17) is 34.7 Å². The van der Waals surface area contributed by atoms with Crippen LogP contribution in [0.2, 0.25) is 0 Å². The second-order valence-corrected chi connectivity index (χ2v) is 10.8. The van der Waals surface area contributed by atoms with Crippen molar-refractivity contribution in [3.8, 4) is 0 Å². The zero-order chi connectivity index (χ0) is 38.4. The van der Waals surface area contributed by atoms with E-state index in [1.807, 2.05) is 23.4 Å². The van der Waals surface area contributed by atoms with Crippen LogP contribution in [-0.4, -0.2) is 110 Å². The van der Waals surface area contributed by atoms with Crippen molar-refractivity contribution < 1.29 is 74.0 Å². The normalized spacial score (nSPS) is 14.8. The van der Waals surface area contributed by atoms with Crippen LogP contribution < -0.4 is 5.32 Å². The average Bonchev–Trinajstić information content (AvgIpc) is 3.46. The highest BCUT2D eigenvalue weighted by atomic mass is 19.4. The van der Waals surface area contributed by atoms with E-state index < -0.39 is 36.4 Å². The summed E-state index contributed by atoms with van der Waals surface area (Å²) in [5.74, 6) is -7.40. The van der Waals surface area contributed by atoms with Gasteiger partial charge in [0.2, 0.25) is 0 Å². The van der Waals surface area contributed by atoms with Crippen LogP contribution in [0.25, 0.3) is 0 Å². The minimum Gasteiger partial charge on any atom is -0.475 e. The van der Waals surface area contributed by atoms with E-state index in [0.29, 0.717) is 0 Å². The molecule has 50 heavy (non-hydrogen) atoms. The zero-order valence-corrected chi connectivity index (χ0v) is 26.5. The lowest BCUT2D eigenvalue weighted by atomic mass is 10.0. The highest BCUT2D eigenvalue weighted by Gasteiger charge is 2.39. The molecule has 0 aliphatic carbocycles. The van der Waals surface area contributed by atoms with Gasteiger partial charge in [-0.3, -0.25) is 14.7 Å². The van der Waals surface area contributed by atoms with Crippen LogP contribution in [0, 0.1) is 0 Å². The third-order valence-electron chi connectivity index (χ3n) is 6.46. The molecule has 0 spiro atoms. The molecule has 12 nitrogen and oxygen atoms in total. The minimum atomic E-state index is -5.08. The number of fused-ring (bicyclic) bond motifs is 1. The van der Waals surface area contributed by atoms with Gasteiger partial charge in [0.15, 0.2) is 0 Å². The van der Waals surface area contributed by atoms with Crippen molar-refractivity contribution in [3.63, 3.8) is 0 Å². The molecule has 0 aromatic carbocycles. The summed E-state index contributed by atoms with van der Waals surface area (Å²) in [5, 5.41) is 24.8. The van der Waals surface area contributed by atoms with E-state index in [1.165, 1.54) is 11.1 Å². The number of carboxylic acid groups (broad SMARTS) is 3. The number of rotatable bonds is 5. The Labute approximate surface area is 278 Å². The third kappa shape index (κ3) is 15.7. The number of alkyl halides is 9. The molecule has 1 fully saturated rings. The van der Waals surface area contributed by atoms with Crippen LogP contribution in [-0.2, 0) is 33.8 Å². The zero-order valence-electron chi connectivity index (χ0n) is 26.5. The smallest absolute Gasteiger partial charge is 0.475 e. The van der Waals surface area contributed by atoms with Crippen LogP contribution in [0.5, 0.6) is 0 Å². The summed E-state index contributed by atoms with van der Waals surface area (Å²) in [6.07, 6.45) is -7.48. The van der Waals surface area contributed by atoms with Gasteiger partial charge in [0.25, 0.3) is 5.91 Å². The molecule has 21 heteroatoms. The number of carbonyl (C=O) groups is 4. The van der Waals surface area contributed by atoms with Gasteiger partial charge in [-0.2, -0.15) is 39.5 Å². The number of halogens is 9. The number of carboxylic acids is 3. The van der Waals surface area contributed by atoms with E-state index in [-0.39, 0.29) is 11.9 Å². The Morgan fingerprint density at radius 3 is 1.72 bits per heavy atom. The molecule has 0 atom stereocenters. The second-order valence-electron chi connectivity index (χ2n) is 10.8. The minimum absolute atomic E-state index is 0.123. The monoisotopic (exact) mass is 735 g/mol. The number of aliphatic carboxylic acids is 3. The topological polar surface area (TPSA) is 173 Å². The van der Waals surface area contributed by atoms with Crippen molar-refractivity contribution in [1.29, 1.82) is 0 Å². The molecule has 0 saturated carbocycles. The molecule has 0 bridgehead atoms. The molecule has 0 unspecified atom stereocenters. The van der Waals surface area contributed by atoms with Gasteiger partial charge in [-0.25, -0.2) is 19.4 Å². The number of likely N-dealkylation sites (tertiary alicyclic amines) is 1. The molecule has 4 rings (SSSR count). The van der Waals surface area contributed by atoms with Gasteiger partial charge in [-0.05, 0) is 56.4 Å². The maximum atomic E-state index is 13.2. The number of aromatic nitrogens is 2. The Kier molecular flexibility index (Phi) is 16.4. The molecule has 1 saturated heterocycles. The van der Waals surface area contributed by atoms with Gasteiger partial charge in [0, 0.05) is 63.3 Å². The molecule has 0 radical (unpaired) electrons. The first-order valence-corrected chi connectivity index (χ1v) is 14.5. The first-order valence-electron chi connectivity index (χ1n) is 14.5. The standard InChI is InChI=1S/C23H31N5O.3C2HF3O2/c1-17(2)25-22-20(23(29)28-10-3-4-11-28)14-19-7-12-27(13-8-21(19)26-22)16-18-6-5-9-24-15-18;3*3-2(4,5)1(6)7/h5-6,9,14-15,17H,3-4,7-8,10-13,16H2,1-2H3,(H,25,26);3*(H,6,7). The predicted octanol–water partition coefficient (Wildman–Crippen LogP) is 5.03. The molecular formula is C29H34F9N5O7. The van der Waals surface area contributed by atoms with Crippen LogP contribution in [0.1, 0.15) is 53.9 Å². The lowest BCUT2D eigenvalue weighted by Gasteiger charge is -2.21. The van der Waals surface area contributed by atoms with E-state index in [2.05, 4.69) is 41.2 Å². The predicted molar refractivity (Wildman–Crippen MR) is 156 cm³/mol. The quantitative estimate of drug-likeness (QED) is 0.304.